The van der Waals surface area contributed by atoms with Crippen LogP contribution in [0.25, 0.3) is 0 Å². The molecular weight excluding hydrogens is 262 g/mol. The first kappa shape index (κ1) is 15.8. The quantitative estimate of drug-likeness (QED) is 0.923. The maximum atomic E-state index is 11.7. The van der Waals surface area contributed by atoms with Crippen molar-refractivity contribution >= 4 is 6.03 Å². The minimum absolute atomic E-state index is 0.0157. The summed E-state index contributed by atoms with van der Waals surface area (Å²) in [5, 5.41) is 3.03. The highest BCUT2D eigenvalue weighted by Gasteiger charge is 2.26. The molecule has 2 amide bonds. The van der Waals surface area contributed by atoms with Crippen LogP contribution in [0.3, 0.4) is 0 Å². The fourth-order valence-electron chi connectivity index (χ4n) is 2.94. The molecule has 1 aromatic carbocycles. The summed E-state index contributed by atoms with van der Waals surface area (Å²) in [5.41, 5.74) is 2.89. The van der Waals surface area contributed by atoms with E-state index >= 15 is 0 Å². The number of urea groups is 1. The molecule has 2 rings (SSSR count). The van der Waals surface area contributed by atoms with Crippen LogP contribution in [-0.4, -0.2) is 49.1 Å². The molecular formula is C17H27N3O. The Kier molecular flexibility index (Phi) is 5.23. The molecule has 1 aliphatic rings. The average Bonchev–Trinajstić information content (AvgIpc) is 2.46. The number of rotatable bonds is 4. The van der Waals surface area contributed by atoms with Gasteiger partial charge < -0.3 is 10.2 Å². The second-order valence-electron chi connectivity index (χ2n) is 6.38. The third-order valence-corrected chi connectivity index (χ3v) is 4.27. The second-order valence-corrected chi connectivity index (χ2v) is 6.38. The minimum Gasteiger partial charge on any atom is -0.336 e. The zero-order chi connectivity index (χ0) is 15.4. The Balaban J connectivity index is 2.01. The zero-order valence-electron chi connectivity index (χ0n) is 13.6. The summed E-state index contributed by atoms with van der Waals surface area (Å²) in [6.45, 7) is 7.21. The summed E-state index contributed by atoms with van der Waals surface area (Å²) in [5.74, 6) is 0.512. The Morgan fingerprint density at radius 1 is 1.29 bits per heavy atom. The highest BCUT2D eigenvalue weighted by atomic mass is 16.2. The Labute approximate surface area is 128 Å². The van der Waals surface area contributed by atoms with Crippen molar-refractivity contribution in [1.29, 1.82) is 0 Å². The number of nitrogens with zero attached hydrogens (tertiary/aromatic N) is 2. The van der Waals surface area contributed by atoms with Crippen LogP contribution in [0.5, 0.6) is 0 Å². The molecule has 21 heavy (non-hydrogen) atoms. The first-order chi connectivity index (χ1) is 9.99. The van der Waals surface area contributed by atoms with Gasteiger partial charge in [-0.2, -0.15) is 0 Å². The fourth-order valence-corrected chi connectivity index (χ4v) is 2.94. The first-order valence-corrected chi connectivity index (χ1v) is 7.75. The van der Waals surface area contributed by atoms with Crippen LogP contribution in [0.4, 0.5) is 4.79 Å². The Morgan fingerprint density at radius 2 is 1.95 bits per heavy atom. The Bertz CT molecular complexity index is 485. The van der Waals surface area contributed by atoms with Gasteiger partial charge in [0, 0.05) is 39.8 Å². The van der Waals surface area contributed by atoms with E-state index in [-0.39, 0.29) is 6.03 Å². The molecule has 1 heterocycles. The Hall–Kier alpha value is -1.55. The monoisotopic (exact) mass is 289 g/mol. The number of fused-ring (bicyclic) bond motifs is 1. The van der Waals surface area contributed by atoms with Gasteiger partial charge in [-0.25, -0.2) is 4.79 Å². The predicted octanol–water partition coefficient (Wildman–Crippen LogP) is 2.34. The maximum absolute atomic E-state index is 11.7. The number of benzene rings is 1. The van der Waals surface area contributed by atoms with Crippen molar-refractivity contribution in [2.75, 3.05) is 27.2 Å². The van der Waals surface area contributed by atoms with Gasteiger partial charge in [0.15, 0.2) is 0 Å². The molecule has 1 unspecified atom stereocenters. The van der Waals surface area contributed by atoms with Crippen LogP contribution in [0.1, 0.15) is 25.0 Å². The maximum Gasteiger partial charge on any atom is 0.316 e. The third-order valence-electron chi connectivity index (χ3n) is 4.27. The summed E-state index contributed by atoms with van der Waals surface area (Å²) in [6.07, 6.45) is 1.10. The zero-order valence-corrected chi connectivity index (χ0v) is 13.6. The van der Waals surface area contributed by atoms with Gasteiger partial charge in [-0.05, 0) is 23.5 Å². The van der Waals surface area contributed by atoms with Crippen molar-refractivity contribution in [1.82, 2.24) is 15.1 Å². The van der Waals surface area contributed by atoms with Crippen molar-refractivity contribution in [2.24, 2.45) is 5.92 Å². The van der Waals surface area contributed by atoms with E-state index in [0.29, 0.717) is 18.5 Å². The van der Waals surface area contributed by atoms with Gasteiger partial charge in [0.25, 0.3) is 0 Å². The number of hydrogen-bond acceptors (Lipinski definition) is 2. The molecule has 0 fully saturated rings. The molecule has 1 N–H and O–H groups in total. The van der Waals surface area contributed by atoms with Crippen LogP contribution in [0.15, 0.2) is 24.3 Å². The molecule has 0 spiro atoms. The van der Waals surface area contributed by atoms with E-state index in [0.717, 1.165) is 19.5 Å². The van der Waals surface area contributed by atoms with Gasteiger partial charge in [-0.15, -0.1) is 0 Å². The van der Waals surface area contributed by atoms with Crippen LogP contribution >= 0.6 is 0 Å². The Morgan fingerprint density at radius 3 is 2.57 bits per heavy atom. The molecule has 4 nitrogen and oxygen atoms in total. The lowest BCUT2D eigenvalue weighted by atomic mass is 9.95. The molecule has 116 valence electrons. The van der Waals surface area contributed by atoms with Crippen molar-refractivity contribution in [3.8, 4) is 0 Å². The van der Waals surface area contributed by atoms with Crippen molar-refractivity contribution < 1.29 is 4.79 Å². The lowest BCUT2D eigenvalue weighted by molar-refractivity contribution is 0.135. The number of hydrogen-bond donors (Lipinski definition) is 1. The number of carbonyl (C=O) groups is 1. The summed E-state index contributed by atoms with van der Waals surface area (Å²) in [4.78, 5) is 15.8. The molecule has 1 atom stereocenters. The molecule has 0 radical (unpaired) electrons. The van der Waals surface area contributed by atoms with E-state index in [1.807, 2.05) is 0 Å². The lowest BCUT2D eigenvalue weighted by Crippen LogP contribution is -2.50. The molecule has 0 saturated heterocycles. The number of amides is 2. The van der Waals surface area contributed by atoms with Crippen molar-refractivity contribution in [3.63, 3.8) is 0 Å². The third kappa shape index (κ3) is 3.97. The van der Waals surface area contributed by atoms with Crippen LogP contribution in [-0.2, 0) is 13.0 Å². The molecule has 0 bridgehead atoms. The molecule has 0 aromatic heterocycles. The number of carbonyl (C=O) groups excluding carboxylic acids is 1. The van der Waals surface area contributed by atoms with E-state index in [1.54, 1.807) is 19.0 Å². The lowest BCUT2D eigenvalue weighted by Gasteiger charge is -2.38. The first-order valence-electron chi connectivity index (χ1n) is 7.75. The summed E-state index contributed by atoms with van der Waals surface area (Å²) in [6, 6.07) is 9.04. The highest BCUT2D eigenvalue weighted by molar-refractivity contribution is 5.73. The van der Waals surface area contributed by atoms with Crippen LogP contribution in [0.2, 0.25) is 0 Å². The van der Waals surface area contributed by atoms with Gasteiger partial charge in [0.2, 0.25) is 0 Å². The van der Waals surface area contributed by atoms with Crippen LogP contribution in [0, 0.1) is 5.92 Å². The SMILES string of the molecule is CC(C)C(CNC(=O)N(C)C)N1CCc2ccccc2C1. The average molecular weight is 289 g/mol. The normalized spacial score (nSPS) is 16.4. The van der Waals surface area contributed by atoms with Gasteiger partial charge >= 0.3 is 6.03 Å². The minimum atomic E-state index is -0.0157. The fraction of sp³-hybridized carbons (Fsp3) is 0.588. The van der Waals surface area contributed by atoms with E-state index in [1.165, 1.54) is 11.1 Å². The highest BCUT2D eigenvalue weighted by Crippen LogP contribution is 2.22. The molecule has 0 aliphatic carbocycles. The molecule has 1 aromatic rings. The van der Waals surface area contributed by atoms with Crippen molar-refractivity contribution in [3.05, 3.63) is 35.4 Å². The molecule has 1 aliphatic heterocycles. The standard InChI is InChI=1S/C17H27N3O/c1-13(2)16(11-18-17(21)19(3)4)20-10-9-14-7-5-6-8-15(14)12-20/h5-8,13,16H,9-12H2,1-4H3,(H,18,21). The summed E-state index contributed by atoms with van der Waals surface area (Å²) in [7, 11) is 3.55. The number of nitrogens with one attached hydrogen (secondary N) is 1. The van der Waals surface area contributed by atoms with E-state index < -0.39 is 0 Å². The van der Waals surface area contributed by atoms with Crippen LogP contribution < -0.4 is 5.32 Å². The largest absolute Gasteiger partial charge is 0.336 e. The smallest absolute Gasteiger partial charge is 0.316 e. The predicted molar refractivity (Wildman–Crippen MR) is 86.3 cm³/mol. The topological polar surface area (TPSA) is 35.6 Å². The second kappa shape index (κ2) is 6.94. The summed E-state index contributed by atoms with van der Waals surface area (Å²) < 4.78 is 0. The van der Waals surface area contributed by atoms with E-state index in [4.69, 9.17) is 0 Å². The van der Waals surface area contributed by atoms with Gasteiger partial charge in [0.05, 0.1) is 0 Å². The van der Waals surface area contributed by atoms with Gasteiger partial charge in [-0.1, -0.05) is 38.1 Å². The molecule has 4 heteroatoms. The summed E-state index contributed by atoms with van der Waals surface area (Å²) >= 11 is 0. The van der Waals surface area contributed by atoms with E-state index in [2.05, 4.69) is 48.3 Å². The van der Waals surface area contributed by atoms with E-state index in [9.17, 15) is 4.79 Å². The van der Waals surface area contributed by atoms with Crippen molar-refractivity contribution in [2.45, 2.75) is 32.9 Å². The van der Waals surface area contributed by atoms with Gasteiger partial charge in [0.1, 0.15) is 0 Å². The van der Waals surface area contributed by atoms with Gasteiger partial charge in [-0.3, -0.25) is 4.90 Å². The molecule has 0 saturated carbocycles.